The molecule has 130 valence electrons. The van der Waals surface area contributed by atoms with E-state index in [-0.39, 0.29) is 4.70 Å². The highest BCUT2D eigenvalue weighted by molar-refractivity contribution is 5.44. The third-order valence-electron chi connectivity index (χ3n) is 3.94. The predicted octanol–water partition coefficient (Wildman–Crippen LogP) is 2.21. The summed E-state index contributed by atoms with van der Waals surface area (Å²) in [5, 5.41) is 0. The van der Waals surface area contributed by atoms with Gasteiger partial charge in [0, 0.05) is 0 Å². The van der Waals surface area contributed by atoms with E-state index in [1.807, 2.05) is 0 Å². The molecule has 0 aromatic rings. The molecule has 0 bridgehead atoms. The second kappa shape index (κ2) is 19.6. The molecular formula is C18H40FNO. The van der Waals surface area contributed by atoms with E-state index in [1.54, 1.807) is 0 Å². The second-order valence-electron chi connectivity index (χ2n) is 5.89. The summed E-state index contributed by atoms with van der Waals surface area (Å²) >= 11 is 0. The molecule has 0 fully saturated rings. The van der Waals surface area contributed by atoms with Crippen LogP contribution in [-0.2, 0) is 4.79 Å². The molecule has 21 heavy (non-hydrogen) atoms. The van der Waals surface area contributed by atoms with E-state index in [4.69, 9.17) is 4.79 Å². The molecule has 0 aromatic carbocycles. The summed E-state index contributed by atoms with van der Waals surface area (Å²) in [7, 11) is 0. The lowest BCUT2D eigenvalue weighted by molar-refractivity contribution is -0.929. The summed E-state index contributed by atoms with van der Waals surface area (Å²) in [6.07, 6.45) is 11.8. The van der Waals surface area contributed by atoms with Gasteiger partial charge in [-0.2, -0.15) is 0 Å². The number of halogens is 1. The number of carbonyl (C=O) groups excluding carboxylic acids is 1. The average Bonchev–Trinajstić information content (AvgIpc) is 2.46. The van der Waals surface area contributed by atoms with Gasteiger partial charge in [0.15, 0.2) is 0 Å². The van der Waals surface area contributed by atoms with Gasteiger partial charge in [0.05, 0.1) is 26.2 Å². The van der Waals surface area contributed by atoms with Crippen molar-refractivity contribution >= 4 is 6.29 Å². The quantitative estimate of drug-likeness (QED) is 0.399. The van der Waals surface area contributed by atoms with Gasteiger partial charge < -0.3 is 14.0 Å². The van der Waals surface area contributed by atoms with Crippen LogP contribution in [0.1, 0.15) is 86.0 Å². The maximum atomic E-state index is 8.81. The first-order valence-corrected chi connectivity index (χ1v) is 8.91. The highest BCUT2D eigenvalue weighted by atomic mass is 19.0. The maximum Gasteiger partial charge on any atom is 0.116 e. The van der Waals surface area contributed by atoms with Crippen LogP contribution in [0.25, 0.3) is 0 Å². The molecule has 0 aromatic heterocycles. The minimum Gasteiger partial charge on any atom is -1.00 e. The van der Waals surface area contributed by atoms with Crippen LogP contribution >= 0.6 is 0 Å². The third kappa shape index (κ3) is 15.8. The van der Waals surface area contributed by atoms with Crippen molar-refractivity contribution in [3.63, 3.8) is 0 Å². The Kier molecular flexibility index (Phi) is 23.8. The molecule has 0 radical (unpaired) electrons. The number of aldehydes is 1. The van der Waals surface area contributed by atoms with E-state index in [0.717, 1.165) is 6.29 Å². The Balaban J connectivity index is -0.000000740. The Labute approximate surface area is 133 Å². The molecule has 2 nitrogen and oxygen atoms in total. The van der Waals surface area contributed by atoms with Crippen LogP contribution in [0.15, 0.2) is 0 Å². The van der Waals surface area contributed by atoms with Crippen molar-refractivity contribution in [1.29, 1.82) is 0 Å². The number of hydrogen-bond acceptors (Lipinski definition) is 1. The zero-order valence-electron chi connectivity index (χ0n) is 15.3. The number of rotatable bonds is 12. The first-order chi connectivity index (χ1) is 9.66. The van der Waals surface area contributed by atoms with Crippen LogP contribution in [0.5, 0.6) is 0 Å². The fraction of sp³-hybridized carbons (Fsp3) is 0.944. The third-order valence-corrected chi connectivity index (χ3v) is 3.94. The van der Waals surface area contributed by atoms with Crippen molar-refractivity contribution in [2.45, 2.75) is 86.0 Å². The standard InChI is InChI=1S/C16H36N.C2H4O.FH/c1-5-9-13-17(14-10-6-2,15-11-7-3)16-12-8-4;1-2-3;/h5-16H2,1-4H3;2H,1H3;1H/q+1;;/p-1. The first-order valence-electron chi connectivity index (χ1n) is 8.91. The Hall–Kier alpha value is -0.440. The second-order valence-corrected chi connectivity index (χ2v) is 5.89. The zero-order valence-corrected chi connectivity index (χ0v) is 15.3. The number of nitrogens with zero attached hydrogens (tertiary/aromatic N) is 1. The van der Waals surface area contributed by atoms with Gasteiger partial charge in [-0.1, -0.05) is 53.4 Å². The van der Waals surface area contributed by atoms with Gasteiger partial charge in [-0.15, -0.1) is 0 Å². The minimum atomic E-state index is 0. The fourth-order valence-corrected chi connectivity index (χ4v) is 2.64. The SMILES string of the molecule is CC=O.CCCC[N+](CCCC)(CCCC)CCCC.[F-]. The number of unbranched alkanes of at least 4 members (excludes halogenated alkanes) is 4. The van der Waals surface area contributed by atoms with Crippen LogP contribution in [0.4, 0.5) is 0 Å². The normalized spacial score (nSPS) is 10.3. The highest BCUT2D eigenvalue weighted by Gasteiger charge is 2.24. The summed E-state index contributed by atoms with van der Waals surface area (Å²) < 4.78 is 1.42. The topological polar surface area (TPSA) is 17.1 Å². The van der Waals surface area contributed by atoms with E-state index >= 15 is 0 Å². The predicted molar refractivity (Wildman–Crippen MR) is 91.1 cm³/mol. The molecule has 0 saturated carbocycles. The van der Waals surface area contributed by atoms with Crippen LogP contribution < -0.4 is 4.70 Å². The molecule has 0 aliphatic heterocycles. The number of carbonyl (C=O) groups is 1. The van der Waals surface area contributed by atoms with E-state index in [9.17, 15) is 0 Å². The van der Waals surface area contributed by atoms with E-state index in [0.29, 0.717) is 0 Å². The molecule has 0 amide bonds. The zero-order chi connectivity index (χ0) is 15.7. The van der Waals surface area contributed by atoms with Gasteiger partial charge >= 0.3 is 0 Å². The molecule has 0 N–H and O–H groups in total. The van der Waals surface area contributed by atoms with Gasteiger partial charge in [-0.05, 0) is 32.6 Å². The van der Waals surface area contributed by atoms with Crippen molar-refractivity contribution in [3.8, 4) is 0 Å². The number of hydrogen-bond donors (Lipinski definition) is 0. The van der Waals surface area contributed by atoms with Gasteiger partial charge in [0.2, 0.25) is 0 Å². The van der Waals surface area contributed by atoms with Crippen molar-refractivity contribution in [2.75, 3.05) is 26.2 Å². The molecular weight excluding hydrogens is 265 g/mol. The molecule has 0 saturated heterocycles. The van der Waals surface area contributed by atoms with Crippen LogP contribution in [0, 0.1) is 0 Å². The maximum absolute atomic E-state index is 8.81. The molecule has 0 spiro atoms. The lowest BCUT2D eigenvalue weighted by Gasteiger charge is -2.39. The smallest absolute Gasteiger partial charge is 0.116 e. The van der Waals surface area contributed by atoms with Crippen LogP contribution in [-0.4, -0.2) is 36.9 Å². The summed E-state index contributed by atoms with van der Waals surface area (Å²) in [5.41, 5.74) is 0. The average molecular weight is 306 g/mol. The molecule has 0 atom stereocenters. The summed E-state index contributed by atoms with van der Waals surface area (Å²) in [6, 6.07) is 0. The van der Waals surface area contributed by atoms with Gasteiger partial charge in [-0.25, -0.2) is 0 Å². The first kappa shape index (κ1) is 25.5. The van der Waals surface area contributed by atoms with Crippen molar-refractivity contribution in [2.24, 2.45) is 0 Å². The molecule has 3 heteroatoms. The van der Waals surface area contributed by atoms with E-state index in [2.05, 4.69) is 27.7 Å². The molecule has 0 aliphatic rings. The van der Waals surface area contributed by atoms with Crippen LogP contribution in [0.2, 0.25) is 0 Å². The fourth-order valence-electron chi connectivity index (χ4n) is 2.64. The van der Waals surface area contributed by atoms with Crippen LogP contribution in [0.3, 0.4) is 0 Å². The van der Waals surface area contributed by atoms with E-state index in [1.165, 1.54) is 89.0 Å². The van der Waals surface area contributed by atoms with Gasteiger partial charge in [0.25, 0.3) is 0 Å². The Bertz CT molecular complexity index is 160. The van der Waals surface area contributed by atoms with Crippen molar-refractivity contribution in [3.05, 3.63) is 0 Å². The minimum absolute atomic E-state index is 0. The molecule has 0 heterocycles. The Morgan fingerprint density at radius 3 is 1.00 bits per heavy atom. The summed E-state index contributed by atoms with van der Waals surface area (Å²) in [6.45, 7) is 16.5. The Morgan fingerprint density at radius 2 is 0.857 bits per heavy atom. The van der Waals surface area contributed by atoms with Crippen molar-refractivity contribution in [1.82, 2.24) is 0 Å². The largest absolute Gasteiger partial charge is 1.00 e. The summed E-state index contributed by atoms with van der Waals surface area (Å²) in [5.74, 6) is 0. The lowest BCUT2D eigenvalue weighted by atomic mass is 10.1. The molecule has 0 rings (SSSR count). The lowest BCUT2D eigenvalue weighted by Crippen LogP contribution is -3.00. The number of quaternary nitrogens is 1. The highest BCUT2D eigenvalue weighted by Crippen LogP contribution is 2.16. The monoisotopic (exact) mass is 305 g/mol. The van der Waals surface area contributed by atoms with E-state index < -0.39 is 0 Å². The Morgan fingerprint density at radius 1 is 0.667 bits per heavy atom. The van der Waals surface area contributed by atoms with Gasteiger partial charge in [0.1, 0.15) is 6.29 Å². The molecule has 0 unspecified atom stereocenters. The van der Waals surface area contributed by atoms with Gasteiger partial charge in [-0.3, -0.25) is 0 Å². The molecule has 0 aliphatic carbocycles. The van der Waals surface area contributed by atoms with Crippen molar-refractivity contribution < 1.29 is 14.0 Å². The summed E-state index contributed by atoms with van der Waals surface area (Å²) in [4.78, 5) is 8.81.